The summed E-state index contributed by atoms with van der Waals surface area (Å²) in [5.74, 6) is -0.140. The highest BCUT2D eigenvalue weighted by Crippen LogP contribution is 2.41. The maximum Gasteiger partial charge on any atom is 0.238 e. The number of ether oxygens (including phenoxy) is 1. The summed E-state index contributed by atoms with van der Waals surface area (Å²) in [5, 5.41) is 12.9. The maximum absolute atomic E-state index is 11.8. The molecule has 0 aromatic carbocycles. The highest BCUT2D eigenvalue weighted by atomic mass is 79.9. The van der Waals surface area contributed by atoms with Gasteiger partial charge >= 0.3 is 0 Å². The van der Waals surface area contributed by atoms with Crippen molar-refractivity contribution in [2.75, 3.05) is 5.32 Å². The maximum atomic E-state index is 11.8. The molecule has 4 nitrogen and oxygen atoms in total. The highest BCUT2D eigenvalue weighted by Gasteiger charge is 2.33. The molecular formula is C14H17BrN2O2S. The topological polar surface area (TPSA) is 62.1 Å². The number of fused-ring (bicyclic) bond motifs is 1. The van der Waals surface area contributed by atoms with Crippen LogP contribution in [0.2, 0.25) is 0 Å². The standard InChI is InChI=1S/C14H17BrN2O2S/c1-4-14(3)5-9-10(6-16)13(17-12(18)8(2)15)20-11(9)7-19-14/h8H,4-5,7H2,1-3H3,(H,17,18)/t8-,14-/m1/s1. The van der Waals surface area contributed by atoms with Crippen molar-refractivity contribution in [2.24, 2.45) is 0 Å². The largest absolute Gasteiger partial charge is 0.369 e. The van der Waals surface area contributed by atoms with E-state index in [1.807, 2.05) is 0 Å². The van der Waals surface area contributed by atoms with E-state index in [1.165, 1.54) is 11.3 Å². The number of halogens is 1. The van der Waals surface area contributed by atoms with E-state index in [4.69, 9.17) is 4.74 Å². The number of rotatable bonds is 3. The van der Waals surface area contributed by atoms with E-state index < -0.39 is 0 Å². The molecule has 0 unspecified atom stereocenters. The van der Waals surface area contributed by atoms with E-state index in [0.717, 1.165) is 23.3 Å². The van der Waals surface area contributed by atoms with Crippen molar-refractivity contribution in [3.05, 3.63) is 16.0 Å². The van der Waals surface area contributed by atoms with Crippen LogP contribution in [0.4, 0.5) is 5.00 Å². The number of thiophene rings is 1. The lowest BCUT2D eigenvalue weighted by molar-refractivity contribution is -0.115. The first kappa shape index (κ1) is 15.5. The molecule has 0 bridgehead atoms. The van der Waals surface area contributed by atoms with Crippen molar-refractivity contribution in [1.29, 1.82) is 5.26 Å². The third-order valence-corrected chi connectivity index (χ3v) is 5.19. The fourth-order valence-electron chi connectivity index (χ4n) is 2.13. The summed E-state index contributed by atoms with van der Waals surface area (Å²) in [5.41, 5.74) is 1.41. The predicted octanol–water partition coefficient (Wildman–Crippen LogP) is 3.58. The van der Waals surface area contributed by atoms with Crippen LogP contribution in [0.25, 0.3) is 0 Å². The Balaban J connectivity index is 2.35. The second-order valence-electron chi connectivity index (χ2n) is 5.19. The second-order valence-corrected chi connectivity index (χ2v) is 7.67. The summed E-state index contributed by atoms with van der Waals surface area (Å²) >= 11 is 4.67. The zero-order valence-corrected chi connectivity index (χ0v) is 14.2. The molecule has 1 aromatic rings. The molecule has 0 spiro atoms. The van der Waals surface area contributed by atoms with Crippen LogP contribution in [-0.2, 0) is 22.6 Å². The van der Waals surface area contributed by atoms with Gasteiger partial charge in [0.15, 0.2) is 0 Å². The zero-order valence-electron chi connectivity index (χ0n) is 11.7. The Kier molecular flexibility index (Phi) is 4.52. The van der Waals surface area contributed by atoms with Crippen molar-refractivity contribution in [2.45, 2.75) is 50.6 Å². The van der Waals surface area contributed by atoms with Crippen LogP contribution in [0.5, 0.6) is 0 Å². The number of nitriles is 1. The van der Waals surface area contributed by atoms with Gasteiger partial charge in [-0.3, -0.25) is 4.79 Å². The van der Waals surface area contributed by atoms with Gasteiger partial charge in [0.25, 0.3) is 0 Å². The van der Waals surface area contributed by atoms with Crippen molar-refractivity contribution in [3.8, 4) is 6.07 Å². The average molecular weight is 357 g/mol. The summed E-state index contributed by atoms with van der Waals surface area (Å²) in [6.07, 6.45) is 1.62. The smallest absolute Gasteiger partial charge is 0.238 e. The van der Waals surface area contributed by atoms with Gasteiger partial charge in [0.05, 0.1) is 22.6 Å². The van der Waals surface area contributed by atoms with Crippen molar-refractivity contribution in [1.82, 2.24) is 0 Å². The molecule has 1 amide bonds. The van der Waals surface area contributed by atoms with Gasteiger partial charge in [0.1, 0.15) is 11.1 Å². The van der Waals surface area contributed by atoms with Gasteiger partial charge in [0, 0.05) is 11.3 Å². The van der Waals surface area contributed by atoms with Crippen LogP contribution in [0, 0.1) is 11.3 Å². The molecule has 1 aliphatic rings. The minimum atomic E-state index is -0.287. The second kappa shape index (κ2) is 5.84. The summed E-state index contributed by atoms with van der Waals surface area (Å²) in [7, 11) is 0. The summed E-state index contributed by atoms with van der Waals surface area (Å²) in [6.45, 7) is 6.41. The molecule has 0 saturated heterocycles. The molecule has 2 rings (SSSR count). The molecule has 6 heteroatoms. The molecule has 1 N–H and O–H groups in total. The molecule has 2 atom stereocenters. The molecule has 1 aromatic heterocycles. The molecule has 20 heavy (non-hydrogen) atoms. The minimum absolute atomic E-state index is 0.140. The van der Waals surface area contributed by atoms with Gasteiger partial charge in [-0.15, -0.1) is 11.3 Å². The first-order valence-electron chi connectivity index (χ1n) is 6.53. The van der Waals surface area contributed by atoms with Crippen LogP contribution in [0.1, 0.15) is 43.2 Å². The SMILES string of the molecule is CC[C@]1(C)Cc2c(sc(NC(=O)[C@@H](C)Br)c2C#N)CO1. The average Bonchev–Trinajstić information content (AvgIpc) is 2.74. The van der Waals surface area contributed by atoms with E-state index in [9.17, 15) is 10.1 Å². The fraction of sp³-hybridized carbons (Fsp3) is 0.571. The molecule has 1 aliphatic heterocycles. The van der Waals surface area contributed by atoms with Crippen molar-refractivity contribution < 1.29 is 9.53 Å². The van der Waals surface area contributed by atoms with Crippen LogP contribution < -0.4 is 5.32 Å². The van der Waals surface area contributed by atoms with Crippen LogP contribution in [0.15, 0.2) is 0 Å². The van der Waals surface area contributed by atoms with Gasteiger partial charge < -0.3 is 10.1 Å². The van der Waals surface area contributed by atoms with Crippen LogP contribution in [-0.4, -0.2) is 16.3 Å². The Morgan fingerprint density at radius 2 is 2.40 bits per heavy atom. The number of carbonyl (C=O) groups is 1. The lowest BCUT2D eigenvalue weighted by Gasteiger charge is -2.32. The molecule has 0 fully saturated rings. The Bertz CT molecular complexity index is 576. The molecule has 2 heterocycles. The third kappa shape index (κ3) is 2.90. The monoisotopic (exact) mass is 356 g/mol. The third-order valence-electron chi connectivity index (χ3n) is 3.65. The lowest BCUT2D eigenvalue weighted by Crippen LogP contribution is -2.34. The number of carbonyl (C=O) groups excluding carboxylic acids is 1. The number of nitrogens with zero attached hydrogens (tertiary/aromatic N) is 1. The predicted molar refractivity (Wildman–Crippen MR) is 83.2 cm³/mol. The Morgan fingerprint density at radius 3 is 2.95 bits per heavy atom. The summed E-state index contributed by atoms with van der Waals surface area (Å²) in [4.78, 5) is 12.5. The normalized spacial score (nSPS) is 22.8. The first-order chi connectivity index (χ1) is 9.40. The molecule has 0 saturated carbocycles. The number of amides is 1. The van der Waals surface area contributed by atoms with E-state index >= 15 is 0 Å². The van der Waals surface area contributed by atoms with Crippen molar-refractivity contribution in [3.63, 3.8) is 0 Å². The lowest BCUT2D eigenvalue weighted by atomic mass is 9.90. The van der Waals surface area contributed by atoms with E-state index in [0.29, 0.717) is 17.2 Å². The van der Waals surface area contributed by atoms with Crippen LogP contribution in [0.3, 0.4) is 0 Å². The number of anilines is 1. The van der Waals surface area contributed by atoms with Gasteiger partial charge in [-0.05, 0) is 25.8 Å². The minimum Gasteiger partial charge on any atom is -0.369 e. The number of alkyl halides is 1. The summed E-state index contributed by atoms with van der Waals surface area (Å²) < 4.78 is 5.89. The first-order valence-corrected chi connectivity index (χ1v) is 8.27. The fourth-order valence-corrected chi connectivity index (χ4v) is 3.32. The Hall–Kier alpha value is -0.900. The molecule has 0 aliphatic carbocycles. The van der Waals surface area contributed by atoms with E-state index in [1.54, 1.807) is 6.92 Å². The van der Waals surface area contributed by atoms with E-state index in [2.05, 4.69) is 41.2 Å². The number of hydrogen-bond donors (Lipinski definition) is 1. The zero-order chi connectivity index (χ0) is 14.9. The molecule has 108 valence electrons. The number of hydrogen-bond acceptors (Lipinski definition) is 4. The molecule has 0 radical (unpaired) electrons. The number of nitrogens with one attached hydrogen (secondary N) is 1. The Morgan fingerprint density at radius 1 is 1.70 bits per heavy atom. The summed E-state index contributed by atoms with van der Waals surface area (Å²) in [6, 6.07) is 2.23. The van der Waals surface area contributed by atoms with E-state index in [-0.39, 0.29) is 16.3 Å². The Labute approximate surface area is 131 Å². The van der Waals surface area contributed by atoms with Gasteiger partial charge in [-0.2, -0.15) is 5.26 Å². The van der Waals surface area contributed by atoms with Gasteiger partial charge in [-0.1, -0.05) is 22.9 Å². The highest BCUT2D eigenvalue weighted by molar-refractivity contribution is 9.10. The van der Waals surface area contributed by atoms with Gasteiger partial charge in [0.2, 0.25) is 5.91 Å². The van der Waals surface area contributed by atoms with Gasteiger partial charge in [-0.25, -0.2) is 0 Å². The van der Waals surface area contributed by atoms with Crippen LogP contribution >= 0.6 is 27.3 Å². The van der Waals surface area contributed by atoms with Crippen molar-refractivity contribution >= 4 is 38.2 Å². The quantitative estimate of drug-likeness (QED) is 0.841. The molecular weight excluding hydrogens is 340 g/mol.